The predicted molar refractivity (Wildman–Crippen MR) is 114 cm³/mol. The number of aliphatic imine (C=N–C) groups is 1. The smallest absolute Gasteiger partial charge is 0.336 e. The van der Waals surface area contributed by atoms with Crippen molar-refractivity contribution in [1.82, 2.24) is 5.32 Å². The van der Waals surface area contributed by atoms with Crippen molar-refractivity contribution in [3.63, 3.8) is 0 Å². The number of hydrogen-bond acceptors (Lipinski definition) is 4. The summed E-state index contributed by atoms with van der Waals surface area (Å²) in [6, 6.07) is 5.45. The summed E-state index contributed by atoms with van der Waals surface area (Å²) in [7, 11) is 0. The Balaban J connectivity index is 1.67. The molecule has 148 valence electrons. The molecule has 0 fully saturated rings. The van der Waals surface area contributed by atoms with Crippen LogP contribution in [0.2, 0.25) is 0 Å². The van der Waals surface area contributed by atoms with E-state index in [1.54, 1.807) is 19.1 Å². The minimum absolute atomic E-state index is 0.301. The summed E-state index contributed by atoms with van der Waals surface area (Å²) in [6.45, 7) is 10.0. The van der Waals surface area contributed by atoms with Crippen molar-refractivity contribution < 1.29 is 14.6 Å². The van der Waals surface area contributed by atoms with Crippen LogP contribution in [-0.2, 0) is 11.3 Å². The molecule has 1 aliphatic rings. The molecule has 2 N–H and O–H groups in total. The van der Waals surface area contributed by atoms with Crippen LogP contribution in [0.15, 0.2) is 71.4 Å². The van der Waals surface area contributed by atoms with E-state index in [1.165, 1.54) is 0 Å². The van der Waals surface area contributed by atoms with Gasteiger partial charge in [-0.1, -0.05) is 49.1 Å². The summed E-state index contributed by atoms with van der Waals surface area (Å²) in [4.78, 5) is 15.9. The number of nitrogens with zero attached hydrogens (tertiary/aromatic N) is 1. The van der Waals surface area contributed by atoms with Gasteiger partial charge in [-0.3, -0.25) is 4.99 Å². The summed E-state index contributed by atoms with van der Waals surface area (Å²) in [6.07, 6.45) is 10.8. The summed E-state index contributed by atoms with van der Waals surface area (Å²) in [5.41, 5.74) is 4.59. The number of allylic oxidation sites excluding steroid dienone is 6. The molecule has 0 atom stereocenters. The first-order valence-corrected chi connectivity index (χ1v) is 9.41. The second-order valence-corrected chi connectivity index (χ2v) is 6.52. The quantitative estimate of drug-likeness (QED) is 0.596. The molecule has 0 heterocycles. The van der Waals surface area contributed by atoms with Crippen LogP contribution in [0.1, 0.15) is 34.8 Å². The SMILES string of the molecule is C=C(CNCCCOCc1cccc(C)c1C(=O)O)N=C1C=CC=C/C1=C/C. The molecule has 0 spiro atoms. The first kappa shape index (κ1) is 21.5. The van der Waals surface area contributed by atoms with Crippen molar-refractivity contribution in [3.05, 3.63) is 83.1 Å². The van der Waals surface area contributed by atoms with Gasteiger partial charge < -0.3 is 15.2 Å². The molecule has 0 amide bonds. The molecule has 0 aliphatic heterocycles. The Kier molecular flexibility index (Phi) is 8.59. The van der Waals surface area contributed by atoms with Gasteiger partial charge in [0.15, 0.2) is 0 Å². The minimum Gasteiger partial charge on any atom is -0.478 e. The molecule has 0 unspecified atom stereocenters. The molecule has 2 rings (SSSR count). The second-order valence-electron chi connectivity index (χ2n) is 6.52. The first-order chi connectivity index (χ1) is 13.5. The standard InChI is InChI=1S/C23H28N2O3/c1-4-19-10-5-6-12-21(19)25-18(3)15-24-13-8-14-28-16-20-11-7-9-17(2)22(20)23(26)27/h4-7,9-12,24H,3,8,13-16H2,1-2H3,(H,26,27)/b19-4-,25-21?. The molecule has 0 saturated carbocycles. The zero-order chi connectivity index (χ0) is 20.4. The minimum atomic E-state index is -0.914. The highest BCUT2D eigenvalue weighted by molar-refractivity contribution is 6.11. The van der Waals surface area contributed by atoms with Gasteiger partial charge in [-0.05, 0) is 49.6 Å². The van der Waals surface area contributed by atoms with E-state index >= 15 is 0 Å². The average molecular weight is 380 g/mol. The van der Waals surface area contributed by atoms with Crippen LogP contribution in [-0.4, -0.2) is 36.5 Å². The summed E-state index contributed by atoms with van der Waals surface area (Å²) < 4.78 is 5.65. The third-order valence-corrected chi connectivity index (χ3v) is 4.33. The molecule has 28 heavy (non-hydrogen) atoms. The summed E-state index contributed by atoms with van der Waals surface area (Å²) in [5.74, 6) is -0.914. The van der Waals surface area contributed by atoms with E-state index < -0.39 is 5.97 Å². The van der Waals surface area contributed by atoms with E-state index in [4.69, 9.17) is 4.74 Å². The normalized spacial score (nSPS) is 16.1. The Morgan fingerprint density at radius 2 is 2.11 bits per heavy atom. The van der Waals surface area contributed by atoms with E-state index in [0.717, 1.165) is 35.5 Å². The lowest BCUT2D eigenvalue weighted by Gasteiger charge is -2.10. The number of carbonyl (C=O) groups is 1. The number of carboxylic acids is 1. The van der Waals surface area contributed by atoms with E-state index in [0.29, 0.717) is 30.9 Å². The Hall–Kier alpha value is -2.76. The third-order valence-electron chi connectivity index (χ3n) is 4.33. The van der Waals surface area contributed by atoms with Crippen molar-refractivity contribution in [2.45, 2.75) is 26.9 Å². The van der Waals surface area contributed by atoms with Crippen molar-refractivity contribution in [3.8, 4) is 0 Å². The maximum Gasteiger partial charge on any atom is 0.336 e. The highest BCUT2D eigenvalue weighted by Gasteiger charge is 2.12. The lowest BCUT2D eigenvalue weighted by Crippen LogP contribution is -2.19. The molecule has 5 heteroatoms. The molecular formula is C23H28N2O3. The fourth-order valence-electron chi connectivity index (χ4n) is 2.91. The molecule has 1 aliphatic carbocycles. The number of aromatic carboxylic acids is 1. The van der Waals surface area contributed by atoms with Gasteiger partial charge >= 0.3 is 5.97 Å². The number of benzene rings is 1. The third kappa shape index (κ3) is 6.44. The molecule has 0 saturated heterocycles. The predicted octanol–water partition coefficient (Wildman–Crippen LogP) is 4.22. The van der Waals surface area contributed by atoms with Crippen LogP contribution >= 0.6 is 0 Å². The molecule has 5 nitrogen and oxygen atoms in total. The molecule has 0 aromatic heterocycles. The van der Waals surface area contributed by atoms with Crippen molar-refractivity contribution in [1.29, 1.82) is 0 Å². The number of nitrogens with one attached hydrogen (secondary N) is 1. The topological polar surface area (TPSA) is 70.9 Å². The molecule has 1 aromatic carbocycles. The van der Waals surface area contributed by atoms with Crippen LogP contribution < -0.4 is 5.32 Å². The van der Waals surface area contributed by atoms with Crippen LogP contribution in [0, 0.1) is 6.92 Å². The maximum absolute atomic E-state index is 11.4. The molecule has 1 aromatic rings. The monoisotopic (exact) mass is 380 g/mol. The second kappa shape index (κ2) is 11.2. The highest BCUT2D eigenvalue weighted by Crippen LogP contribution is 2.15. The zero-order valence-corrected chi connectivity index (χ0v) is 16.6. The van der Waals surface area contributed by atoms with Gasteiger partial charge in [-0.25, -0.2) is 4.79 Å². The van der Waals surface area contributed by atoms with Gasteiger partial charge in [0, 0.05) is 18.8 Å². The van der Waals surface area contributed by atoms with Crippen molar-refractivity contribution in [2.24, 2.45) is 4.99 Å². The number of ether oxygens (including phenoxy) is 1. The Bertz CT molecular complexity index is 832. The van der Waals surface area contributed by atoms with E-state index in [1.807, 2.05) is 43.4 Å². The number of aryl methyl sites for hydroxylation is 1. The summed E-state index contributed by atoms with van der Waals surface area (Å²) in [5, 5.41) is 12.6. The van der Waals surface area contributed by atoms with Crippen LogP contribution in [0.3, 0.4) is 0 Å². The lowest BCUT2D eigenvalue weighted by atomic mass is 10.0. The number of hydrogen-bond donors (Lipinski definition) is 2. The molecular weight excluding hydrogens is 352 g/mol. The number of rotatable bonds is 10. The average Bonchev–Trinajstić information content (AvgIpc) is 2.67. The fraction of sp³-hybridized carbons (Fsp3) is 0.304. The van der Waals surface area contributed by atoms with E-state index in [-0.39, 0.29) is 0 Å². The van der Waals surface area contributed by atoms with Gasteiger partial charge in [0.25, 0.3) is 0 Å². The lowest BCUT2D eigenvalue weighted by molar-refractivity contribution is 0.0686. The summed E-state index contributed by atoms with van der Waals surface area (Å²) >= 11 is 0. The van der Waals surface area contributed by atoms with Gasteiger partial charge in [0.1, 0.15) is 0 Å². The fourth-order valence-corrected chi connectivity index (χ4v) is 2.91. The van der Waals surface area contributed by atoms with Gasteiger partial charge in [0.2, 0.25) is 0 Å². The van der Waals surface area contributed by atoms with Gasteiger partial charge in [-0.2, -0.15) is 0 Å². The van der Waals surface area contributed by atoms with E-state index in [9.17, 15) is 9.90 Å². The largest absolute Gasteiger partial charge is 0.478 e. The van der Waals surface area contributed by atoms with E-state index in [2.05, 4.69) is 16.9 Å². The van der Waals surface area contributed by atoms with Gasteiger partial charge in [0.05, 0.1) is 17.9 Å². The number of carboxylic acid groups (broad SMARTS) is 1. The highest BCUT2D eigenvalue weighted by atomic mass is 16.5. The maximum atomic E-state index is 11.4. The van der Waals surface area contributed by atoms with Crippen molar-refractivity contribution in [2.75, 3.05) is 19.7 Å². The van der Waals surface area contributed by atoms with Crippen molar-refractivity contribution >= 4 is 11.7 Å². The van der Waals surface area contributed by atoms with Crippen LogP contribution in [0.5, 0.6) is 0 Å². The van der Waals surface area contributed by atoms with Crippen LogP contribution in [0.25, 0.3) is 0 Å². The van der Waals surface area contributed by atoms with Gasteiger partial charge in [-0.15, -0.1) is 0 Å². The Labute approximate surface area is 166 Å². The first-order valence-electron chi connectivity index (χ1n) is 9.41. The Morgan fingerprint density at radius 3 is 2.86 bits per heavy atom. The Morgan fingerprint density at radius 1 is 1.32 bits per heavy atom. The molecule has 0 radical (unpaired) electrons. The molecule has 0 bridgehead atoms. The zero-order valence-electron chi connectivity index (χ0n) is 16.6. The van der Waals surface area contributed by atoms with Crippen LogP contribution in [0.4, 0.5) is 0 Å².